The molecule has 5 heteroatoms. The monoisotopic (exact) mass is 387 g/mol. The van der Waals surface area contributed by atoms with E-state index in [1.54, 1.807) is 0 Å². The molecule has 1 aromatic heterocycles. The standard InChI is InChI=1S/C24H29N5/c1-18(2)21-11-7-8-12-22(21)26-23-17-19(3)25-24(27-23)29-15-13-28(14-16-29)20-9-5-4-6-10-20/h4-12,17-18H,13-16H2,1-3H3,(H,25,26,27). The molecule has 0 bridgehead atoms. The molecule has 0 aliphatic carbocycles. The molecule has 4 rings (SSSR count). The molecule has 0 atom stereocenters. The Kier molecular flexibility index (Phi) is 5.65. The Morgan fingerprint density at radius 1 is 0.828 bits per heavy atom. The van der Waals surface area contributed by atoms with Crippen LogP contribution in [0.4, 0.5) is 23.1 Å². The fraction of sp³-hybridized carbons (Fsp3) is 0.333. The Morgan fingerprint density at radius 3 is 2.21 bits per heavy atom. The summed E-state index contributed by atoms with van der Waals surface area (Å²) in [6.07, 6.45) is 0. The second-order valence-corrected chi connectivity index (χ2v) is 7.87. The van der Waals surface area contributed by atoms with Crippen LogP contribution in [0.1, 0.15) is 31.0 Å². The molecule has 0 amide bonds. The topological polar surface area (TPSA) is 44.3 Å². The minimum Gasteiger partial charge on any atom is -0.368 e. The van der Waals surface area contributed by atoms with Crippen LogP contribution >= 0.6 is 0 Å². The SMILES string of the molecule is Cc1cc(Nc2ccccc2C(C)C)nc(N2CCN(c3ccccc3)CC2)n1. The highest BCUT2D eigenvalue weighted by Gasteiger charge is 2.20. The Morgan fingerprint density at radius 2 is 1.48 bits per heavy atom. The third kappa shape index (κ3) is 4.50. The second kappa shape index (κ2) is 8.52. The van der Waals surface area contributed by atoms with Gasteiger partial charge in [-0.25, -0.2) is 4.98 Å². The molecule has 1 N–H and O–H groups in total. The van der Waals surface area contributed by atoms with E-state index in [0.717, 1.165) is 49.3 Å². The highest BCUT2D eigenvalue weighted by molar-refractivity contribution is 5.62. The van der Waals surface area contributed by atoms with Crippen molar-refractivity contribution in [3.63, 3.8) is 0 Å². The van der Waals surface area contributed by atoms with Crippen LogP contribution in [0, 0.1) is 6.92 Å². The smallest absolute Gasteiger partial charge is 0.227 e. The zero-order valence-corrected chi connectivity index (χ0v) is 17.5. The zero-order chi connectivity index (χ0) is 20.2. The Hall–Kier alpha value is -3.08. The van der Waals surface area contributed by atoms with Gasteiger partial charge in [0.1, 0.15) is 5.82 Å². The first kappa shape index (κ1) is 19.2. The molecule has 1 aliphatic rings. The van der Waals surface area contributed by atoms with E-state index in [2.05, 4.69) is 83.6 Å². The predicted molar refractivity (Wildman–Crippen MR) is 121 cm³/mol. The summed E-state index contributed by atoms with van der Waals surface area (Å²) in [5, 5.41) is 3.52. The maximum atomic E-state index is 4.84. The van der Waals surface area contributed by atoms with Gasteiger partial charge in [0.2, 0.25) is 5.95 Å². The van der Waals surface area contributed by atoms with Crippen LogP contribution in [-0.2, 0) is 0 Å². The fourth-order valence-corrected chi connectivity index (χ4v) is 3.81. The average molecular weight is 388 g/mol. The number of aromatic nitrogens is 2. The molecule has 150 valence electrons. The first-order valence-electron chi connectivity index (χ1n) is 10.4. The molecule has 0 saturated carbocycles. The van der Waals surface area contributed by atoms with Crippen molar-refractivity contribution in [1.82, 2.24) is 9.97 Å². The predicted octanol–water partition coefficient (Wildman–Crippen LogP) is 4.98. The molecule has 3 aromatic rings. The van der Waals surface area contributed by atoms with Crippen molar-refractivity contribution >= 4 is 23.1 Å². The maximum Gasteiger partial charge on any atom is 0.227 e. The lowest BCUT2D eigenvalue weighted by molar-refractivity contribution is 0.639. The highest BCUT2D eigenvalue weighted by atomic mass is 15.3. The van der Waals surface area contributed by atoms with Gasteiger partial charge in [0.25, 0.3) is 0 Å². The fourth-order valence-electron chi connectivity index (χ4n) is 3.81. The largest absolute Gasteiger partial charge is 0.368 e. The van der Waals surface area contributed by atoms with Gasteiger partial charge in [0, 0.05) is 49.3 Å². The van der Waals surface area contributed by atoms with Gasteiger partial charge in [-0.05, 0) is 36.6 Å². The van der Waals surface area contributed by atoms with Gasteiger partial charge in [-0.1, -0.05) is 50.2 Å². The molecule has 1 aliphatic heterocycles. The van der Waals surface area contributed by atoms with Crippen molar-refractivity contribution in [2.45, 2.75) is 26.7 Å². The lowest BCUT2D eigenvalue weighted by atomic mass is 10.0. The molecular weight excluding hydrogens is 358 g/mol. The quantitative estimate of drug-likeness (QED) is 0.669. The van der Waals surface area contributed by atoms with E-state index in [9.17, 15) is 0 Å². The minimum absolute atomic E-state index is 0.451. The number of aryl methyl sites for hydroxylation is 1. The van der Waals surface area contributed by atoms with Crippen molar-refractivity contribution < 1.29 is 0 Å². The summed E-state index contributed by atoms with van der Waals surface area (Å²) in [5.41, 5.74) is 4.66. The van der Waals surface area contributed by atoms with E-state index >= 15 is 0 Å². The second-order valence-electron chi connectivity index (χ2n) is 7.87. The molecule has 1 fully saturated rings. The molecular formula is C24H29N5. The number of nitrogens with one attached hydrogen (secondary N) is 1. The number of para-hydroxylation sites is 2. The van der Waals surface area contributed by atoms with Gasteiger partial charge in [-0.2, -0.15) is 4.98 Å². The average Bonchev–Trinajstić information content (AvgIpc) is 2.74. The summed E-state index contributed by atoms with van der Waals surface area (Å²) in [4.78, 5) is 14.3. The van der Waals surface area contributed by atoms with E-state index in [-0.39, 0.29) is 0 Å². The molecule has 0 radical (unpaired) electrons. The summed E-state index contributed by atoms with van der Waals surface area (Å²) >= 11 is 0. The Bertz CT molecular complexity index is 946. The zero-order valence-electron chi connectivity index (χ0n) is 17.5. The number of rotatable bonds is 5. The van der Waals surface area contributed by atoms with E-state index in [0.29, 0.717) is 5.92 Å². The normalized spacial score (nSPS) is 14.3. The molecule has 0 unspecified atom stereocenters. The van der Waals surface area contributed by atoms with E-state index in [4.69, 9.17) is 9.97 Å². The molecule has 5 nitrogen and oxygen atoms in total. The summed E-state index contributed by atoms with van der Waals surface area (Å²) in [7, 11) is 0. The van der Waals surface area contributed by atoms with Gasteiger partial charge in [0.05, 0.1) is 0 Å². The summed E-state index contributed by atoms with van der Waals surface area (Å²) in [6, 6.07) is 21.1. The third-order valence-electron chi connectivity index (χ3n) is 5.37. The van der Waals surface area contributed by atoms with E-state index < -0.39 is 0 Å². The summed E-state index contributed by atoms with van der Waals surface area (Å²) in [5.74, 6) is 2.11. The molecule has 29 heavy (non-hydrogen) atoms. The Balaban J connectivity index is 1.50. The third-order valence-corrected chi connectivity index (χ3v) is 5.37. The van der Waals surface area contributed by atoms with Gasteiger partial charge >= 0.3 is 0 Å². The van der Waals surface area contributed by atoms with Crippen LogP contribution in [0.15, 0.2) is 60.7 Å². The van der Waals surface area contributed by atoms with Crippen LogP contribution in [0.2, 0.25) is 0 Å². The minimum atomic E-state index is 0.451. The van der Waals surface area contributed by atoms with Crippen molar-refractivity contribution in [3.8, 4) is 0 Å². The lowest BCUT2D eigenvalue weighted by Crippen LogP contribution is -2.47. The van der Waals surface area contributed by atoms with Gasteiger partial charge < -0.3 is 15.1 Å². The summed E-state index contributed by atoms with van der Waals surface area (Å²) < 4.78 is 0. The van der Waals surface area contributed by atoms with Crippen molar-refractivity contribution in [1.29, 1.82) is 0 Å². The molecule has 2 heterocycles. The number of benzene rings is 2. The first-order valence-corrected chi connectivity index (χ1v) is 10.4. The molecule has 2 aromatic carbocycles. The number of hydrogen-bond acceptors (Lipinski definition) is 5. The lowest BCUT2D eigenvalue weighted by Gasteiger charge is -2.36. The van der Waals surface area contributed by atoms with E-state index in [1.807, 2.05) is 13.0 Å². The van der Waals surface area contributed by atoms with Crippen LogP contribution in [0.3, 0.4) is 0 Å². The highest BCUT2D eigenvalue weighted by Crippen LogP contribution is 2.27. The van der Waals surface area contributed by atoms with E-state index in [1.165, 1.54) is 11.3 Å². The van der Waals surface area contributed by atoms with Crippen LogP contribution in [-0.4, -0.2) is 36.1 Å². The van der Waals surface area contributed by atoms with Gasteiger partial charge in [-0.3, -0.25) is 0 Å². The number of piperazine rings is 1. The number of nitrogens with zero attached hydrogens (tertiary/aromatic N) is 4. The van der Waals surface area contributed by atoms with Crippen molar-refractivity contribution in [3.05, 3.63) is 71.9 Å². The van der Waals surface area contributed by atoms with Crippen LogP contribution < -0.4 is 15.1 Å². The van der Waals surface area contributed by atoms with Crippen molar-refractivity contribution in [2.75, 3.05) is 41.3 Å². The molecule has 1 saturated heterocycles. The Labute approximate surface area is 173 Å². The maximum absolute atomic E-state index is 4.84. The van der Waals surface area contributed by atoms with Crippen LogP contribution in [0.25, 0.3) is 0 Å². The first-order chi connectivity index (χ1) is 14.1. The number of hydrogen-bond donors (Lipinski definition) is 1. The van der Waals surface area contributed by atoms with Crippen LogP contribution in [0.5, 0.6) is 0 Å². The van der Waals surface area contributed by atoms with Crippen molar-refractivity contribution in [2.24, 2.45) is 0 Å². The van der Waals surface area contributed by atoms with Gasteiger partial charge in [0.15, 0.2) is 0 Å². The molecule has 0 spiro atoms. The summed E-state index contributed by atoms with van der Waals surface area (Å²) in [6.45, 7) is 10.2. The number of anilines is 4. The van der Waals surface area contributed by atoms with Gasteiger partial charge in [-0.15, -0.1) is 0 Å².